The van der Waals surface area contributed by atoms with Crippen LogP contribution in [0.3, 0.4) is 0 Å². The Morgan fingerprint density at radius 1 is 1.32 bits per heavy atom. The van der Waals surface area contributed by atoms with Crippen molar-refractivity contribution in [1.82, 2.24) is 25.0 Å². The minimum atomic E-state index is -0.435. The van der Waals surface area contributed by atoms with Gasteiger partial charge >= 0.3 is 0 Å². The third kappa shape index (κ3) is 4.89. The van der Waals surface area contributed by atoms with Crippen molar-refractivity contribution in [2.24, 2.45) is 0 Å². The van der Waals surface area contributed by atoms with E-state index >= 15 is 0 Å². The third-order valence-corrected chi connectivity index (χ3v) is 6.89. The molecule has 0 spiro atoms. The SMILES string of the molecule is COc1ccccc1CN1CCC(NC(=O)C(C)n2c(-c3cccs3)n[nH]c2=S)CC1. The van der Waals surface area contributed by atoms with Crippen molar-refractivity contribution in [1.29, 1.82) is 0 Å². The van der Waals surface area contributed by atoms with Crippen molar-refractivity contribution in [3.63, 3.8) is 0 Å². The zero-order valence-corrected chi connectivity index (χ0v) is 19.3. The maximum absolute atomic E-state index is 13.0. The van der Waals surface area contributed by atoms with Crippen LogP contribution in [0.4, 0.5) is 0 Å². The highest BCUT2D eigenvalue weighted by molar-refractivity contribution is 7.71. The van der Waals surface area contributed by atoms with Crippen molar-refractivity contribution in [3.05, 3.63) is 52.1 Å². The summed E-state index contributed by atoms with van der Waals surface area (Å²) in [5, 5.41) is 12.4. The highest BCUT2D eigenvalue weighted by atomic mass is 32.1. The molecule has 31 heavy (non-hydrogen) atoms. The fourth-order valence-corrected chi connectivity index (χ4v) is 4.99. The molecule has 1 aliphatic heterocycles. The van der Waals surface area contributed by atoms with Gasteiger partial charge in [-0.15, -0.1) is 11.3 Å². The van der Waals surface area contributed by atoms with E-state index in [1.54, 1.807) is 23.0 Å². The van der Waals surface area contributed by atoms with Crippen LogP contribution >= 0.6 is 23.6 Å². The fraction of sp³-hybridized carbons (Fsp3) is 0.409. The summed E-state index contributed by atoms with van der Waals surface area (Å²) in [5.74, 6) is 1.60. The first-order chi connectivity index (χ1) is 15.1. The summed E-state index contributed by atoms with van der Waals surface area (Å²) in [6, 6.07) is 11.8. The van der Waals surface area contributed by atoms with E-state index in [1.165, 1.54) is 5.56 Å². The minimum absolute atomic E-state index is 0.0292. The maximum atomic E-state index is 13.0. The number of methoxy groups -OCH3 is 1. The van der Waals surface area contributed by atoms with E-state index in [0.29, 0.717) is 10.6 Å². The number of para-hydroxylation sites is 1. The highest BCUT2D eigenvalue weighted by Crippen LogP contribution is 2.26. The molecule has 2 N–H and O–H groups in total. The van der Waals surface area contributed by atoms with Gasteiger partial charge in [-0.2, -0.15) is 5.10 Å². The molecule has 1 saturated heterocycles. The number of nitrogens with one attached hydrogen (secondary N) is 2. The number of hydrogen-bond donors (Lipinski definition) is 2. The number of aromatic nitrogens is 3. The summed E-state index contributed by atoms with van der Waals surface area (Å²) in [6.45, 7) is 4.59. The summed E-state index contributed by atoms with van der Waals surface area (Å²) in [4.78, 5) is 16.4. The Labute approximate surface area is 191 Å². The van der Waals surface area contributed by atoms with Gasteiger partial charge in [-0.3, -0.25) is 19.4 Å². The molecule has 1 unspecified atom stereocenters. The molecule has 1 atom stereocenters. The summed E-state index contributed by atoms with van der Waals surface area (Å²) in [7, 11) is 1.71. The Bertz CT molecular complexity index is 1070. The number of amides is 1. The Hall–Kier alpha value is -2.49. The quantitative estimate of drug-likeness (QED) is 0.524. The van der Waals surface area contributed by atoms with Crippen molar-refractivity contribution in [2.45, 2.75) is 38.4 Å². The lowest BCUT2D eigenvalue weighted by molar-refractivity contribution is -0.124. The molecule has 0 aliphatic carbocycles. The predicted molar refractivity (Wildman–Crippen MR) is 125 cm³/mol. The van der Waals surface area contributed by atoms with Crippen molar-refractivity contribution >= 4 is 29.5 Å². The van der Waals surface area contributed by atoms with Crippen molar-refractivity contribution in [2.75, 3.05) is 20.2 Å². The predicted octanol–water partition coefficient (Wildman–Crippen LogP) is 4.02. The zero-order chi connectivity index (χ0) is 21.8. The van der Waals surface area contributed by atoms with Crippen molar-refractivity contribution in [3.8, 4) is 16.5 Å². The zero-order valence-electron chi connectivity index (χ0n) is 17.7. The molecular weight excluding hydrogens is 430 g/mol. The van der Waals surface area contributed by atoms with Crippen LogP contribution in [-0.2, 0) is 11.3 Å². The molecule has 2 aromatic heterocycles. The molecular formula is C22H27N5O2S2. The van der Waals surface area contributed by atoms with Gasteiger partial charge in [0.2, 0.25) is 5.91 Å². The Morgan fingerprint density at radius 2 is 2.10 bits per heavy atom. The number of ether oxygens (including phenoxy) is 1. The number of likely N-dealkylation sites (tertiary alicyclic amines) is 1. The van der Waals surface area contributed by atoms with Crippen LogP contribution in [0.5, 0.6) is 5.75 Å². The van der Waals surface area contributed by atoms with E-state index in [2.05, 4.69) is 26.5 Å². The van der Waals surface area contributed by atoms with Gasteiger partial charge in [0.25, 0.3) is 0 Å². The second-order valence-corrected chi connectivity index (χ2v) is 9.08. The Morgan fingerprint density at radius 3 is 2.81 bits per heavy atom. The summed E-state index contributed by atoms with van der Waals surface area (Å²) in [6.07, 6.45) is 1.84. The molecule has 0 saturated carbocycles. The third-order valence-electron chi connectivity index (χ3n) is 5.73. The fourth-order valence-electron chi connectivity index (χ4n) is 3.99. The first-order valence-corrected chi connectivity index (χ1v) is 11.7. The number of piperidine rings is 1. The lowest BCUT2D eigenvalue weighted by Gasteiger charge is -2.33. The normalized spacial score (nSPS) is 16.2. The standard InChI is InChI=1S/C22H27N5O2S2/c1-15(27-20(24-25-22(27)30)19-8-5-13-31-19)21(28)23-17-9-11-26(12-10-17)14-16-6-3-4-7-18(16)29-2/h3-8,13,15,17H,9-12,14H2,1-2H3,(H,23,28)(H,25,30). The molecule has 164 valence electrons. The second-order valence-electron chi connectivity index (χ2n) is 7.75. The van der Waals surface area contributed by atoms with Gasteiger partial charge in [-0.25, -0.2) is 0 Å². The molecule has 7 nitrogen and oxygen atoms in total. The number of thiophene rings is 1. The van der Waals surface area contributed by atoms with E-state index in [-0.39, 0.29) is 11.9 Å². The van der Waals surface area contributed by atoms with Gasteiger partial charge in [0, 0.05) is 31.2 Å². The van der Waals surface area contributed by atoms with Crippen LogP contribution < -0.4 is 10.1 Å². The van der Waals surface area contributed by atoms with E-state index < -0.39 is 6.04 Å². The van der Waals surface area contributed by atoms with Crippen LogP contribution in [0.25, 0.3) is 10.7 Å². The maximum Gasteiger partial charge on any atom is 0.243 e. The van der Waals surface area contributed by atoms with Crippen molar-refractivity contribution < 1.29 is 9.53 Å². The smallest absolute Gasteiger partial charge is 0.243 e. The molecule has 3 heterocycles. The largest absolute Gasteiger partial charge is 0.496 e. The summed E-state index contributed by atoms with van der Waals surface area (Å²) < 4.78 is 7.72. The Kier molecular flexibility index (Phi) is 6.84. The number of carbonyl (C=O) groups is 1. The molecule has 9 heteroatoms. The molecule has 3 aromatic rings. The molecule has 0 radical (unpaired) electrons. The minimum Gasteiger partial charge on any atom is -0.496 e. The lowest BCUT2D eigenvalue weighted by Crippen LogP contribution is -2.46. The van der Waals surface area contributed by atoms with Crippen LogP contribution in [-0.4, -0.2) is 51.8 Å². The van der Waals surface area contributed by atoms with Gasteiger partial charge in [-0.1, -0.05) is 24.3 Å². The molecule has 0 bridgehead atoms. The number of H-pyrrole nitrogens is 1. The van der Waals surface area contributed by atoms with Gasteiger partial charge < -0.3 is 10.1 Å². The molecule has 1 aliphatic rings. The van der Waals surface area contributed by atoms with Crippen LogP contribution in [0.2, 0.25) is 0 Å². The first-order valence-electron chi connectivity index (χ1n) is 10.4. The summed E-state index contributed by atoms with van der Waals surface area (Å²) >= 11 is 6.97. The second kappa shape index (κ2) is 9.76. The van der Waals surface area contributed by atoms with Gasteiger partial charge in [-0.05, 0) is 49.5 Å². The van der Waals surface area contributed by atoms with E-state index in [0.717, 1.165) is 43.1 Å². The number of carbonyl (C=O) groups excluding carboxylic acids is 1. The molecule has 1 aromatic carbocycles. The average molecular weight is 458 g/mol. The summed E-state index contributed by atoms with van der Waals surface area (Å²) in [5.41, 5.74) is 1.19. The van der Waals surface area contributed by atoms with Gasteiger partial charge in [0.15, 0.2) is 10.6 Å². The number of benzene rings is 1. The Balaban J connectivity index is 1.34. The van der Waals surface area contributed by atoms with Gasteiger partial charge in [0.1, 0.15) is 11.8 Å². The van der Waals surface area contributed by atoms with E-state index in [4.69, 9.17) is 17.0 Å². The monoisotopic (exact) mass is 457 g/mol. The van der Waals surface area contributed by atoms with E-state index in [9.17, 15) is 4.79 Å². The average Bonchev–Trinajstić information content (AvgIpc) is 3.44. The lowest BCUT2D eigenvalue weighted by atomic mass is 10.0. The van der Waals surface area contributed by atoms with Crippen LogP contribution in [0, 0.1) is 4.77 Å². The number of aromatic amines is 1. The number of hydrogen-bond acceptors (Lipinski definition) is 6. The molecule has 1 amide bonds. The van der Waals surface area contributed by atoms with Gasteiger partial charge in [0.05, 0.1) is 12.0 Å². The number of rotatable bonds is 7. The topological polar surface area (TPSA) is 75.2 Å². The molecule has 1 fully saturated rings. The molecule has 4 rings (SSSR count). The van der Waals surface area contributed by atoms with Crippen LogP contribution in [0.15, 0.2) is 41.8 Å². The first kappa shape index (κ1) is 21.7. The highest BCUT2D eigenvalue weighted by Gasteiger charge is 2.26. The van der Waals surface area contributed by atoms with Crippen LogP contribution in [0.1, 0.15) is 31.4 Å². The number of nitrogens with zero attached hydrogens (tertiary/aromatic N) is 3. The van der Waals surface area contributed by atoms with E-state index in [1.807, 2.05) is 42.6 Å².